The summed E-state index contributed by atoms with van der Waals surface area (Å²) in [5, 5.41) is 1.23. The number of nitrogens with zero attached hydrogens (tertiary/aromatic N) is 1. The van der Waals surface area contributed by atoms with E-state index in [2.05, 4.69) is 48.3 Å². The fraction of sp³-hybridized carbons (Fsp3) is 0.286. The van der Waals surface area contributed by atoms with Crippen molar-refractivity contribution < 1.29 is 4.74 Å². The summed E-state index contributed by atoms with van der Waals surface area (Å²) in [4.78, 5) is 4.37. The van der Waals surface area contributed by atoms with Gasteiger partial charge in [-0.3, -0.25) is 4.98 Å². The molecule has 0 saturated heterocycles. The Hall–Kier alpha value is -2.35. The average Bonchev–Trinajstić information content (AvgIpc) is 2.61. The largest absolute Gasteiger partial charge is 0.497 e. The van der Waals surface area contributed by atoms with Gasteiger partial charge in [0.25, 0.3) is 0 Å². The summed E-state index contributed by atoms with van der Waals surface area (Å²) < 4.78 is 5.22. The molecule has 0 aliphatic carbocycles. The molecular formula is C21H23NO. The lowest BCUT2D eigenvalue weighted by atomic mass is 9.94. The van der Waals surface area contributed by atoms with Crippen LogP contribution >= 0.6 is 0 Å². The minimum atomic E-state index is 0.572. The highest BCUT2D eigenvalue weighted by atomic mass is 16.5. The number of fused-ring (bicyclic) bond motifs is 1. The molecule has 1 heterocycles. The second kappa shape index (κ2) is 7.28. The lowest BCUT2D eigenvalue weighted by Gasteiger charge is -2.12. The van der Waals surface area contributed by atoms with Gasteiger partial charge >= 0.3 is 0 Å². The van der Waals surface area contributed by atoms with Crippen molar-refractivity contribution >= 4 is 10.9 Å². The summed E-state index contributed by atoms with van der Waals surface area (Å²) in [7, 11) is 1.71. The van der Waals surface area contributed by atoms with Gasteiger partial charge in [-0.05, 0) is 66.6 Å². The molecule has 1 aromatic heterocycles. The Labute approximate surface area is 138 Å². The third-order valence-electron chi connectivity index (χ3n) is 4.45. The molecular weight excluding hydrogens is 282 g/mol. The van der Waals surface area contributed by atoms with Crippen molar-refractivity contribution in [2.24, 2.45) is 0 Å². The van der Waals surface area contributed by atoms with Gasteiger partial charge in [-0.2, -0.15) is 0 Å². The lowest BCUT2D eigenvalue weighted by molar-refractivity contribution is 0.414. The van der Waals surface area contributed by atoms with E-state index in [1.807, 2.05) is 24.4 Å². The molecule has 3 aromatic rings. The van der Waals surface area contributed by atoms with Crippen molar-refractivity contribution in [3.63, 3.8) is 0 Å². The molecule has 0 aliphatic heterocycles. The number of pyridine rings is 1. The van der Waals surface area contributed by atoms with Gasteiger partial charge in [0.2, 0.25) is 0 Å². The third kappa shape index (κ3) is 3.89. The van der Waals surface area contributed by atoms with Gasteiger partial charge in [0.15, 0.2) is 0 Å². The highest BCUT2D eigenvalue weighted by Crippen LogP contribution is 2.24. The molecule has 0 saturated carbocycles. The molecule has 0 amide bonds. The number of hydrogen-bond acceptors (Lipinski definition) is 2. The van der Waals surface area contributed by atoms with Crippen LogP contribution in [-0.4, -0.2) is 12.1 Å². The zero-order valence-corrected chi connectivity index (χ0v) is 13.8. The fourth-order valence-corrected chi connectivity index (χ4v) is 2.99. The molecule has 3 rings (SSSR count). The molecule has 0 bridgehead atoms. The smallest absolute Gasteiger partial charge is 0.118 e. The van der Waals surface area contributed by atoms with Crippen LogP contribution in [0.15, 0.2) is 60.8 Å². The highest BCUT2D eigenvalue weighted by Gasteiger charge is 2.06. The first-order valence-corrected chi connectivity index (χ1v) is 8.24. The first-order valence-electron chi connectivity index (χ1n) is 8.24. The first kappa shape index (κ1) is 15.5. The summed E-state index contributed by atoms with van der Waals surface area (Å²) in [5.41, 5.74) is 3.85. The van der Waals surface area contributed by atoms with E-state index in [-0.39, 0.29) is 0 Å². The topological polar surface area (TPSA) is 22.1 Å². The van der Waals surface area contributed by atoms with Crippen LogP contribution in [-0.2, 0) is 6.42 Å². The predicted molar refractivity (Wildman–Crippen MR) is 96.1 cm³/mol. The Kier molecular flexibility index (Phi) is 4.92. The van der Waals surface area contributed by atoms with Crippen molar-refractivity contribution in [3.05, 3.63) is 71.9 Å². The van der Waals surface area contributed by atoms with Gasteiger partial charge in [0.1, 0.15) is 5.75 Å². The summed E-state index contributed by atoms with van der Waals surface area (Å²) >= 11 is 0. The number of aromatic nitrogens is 1. The van der Waals surface area contributed by atoms with E-state index in [9.17, 15) is 0 Å². The minimum Gasteiger partial charge on any atom is -0.497 e. The number of methoxy groups -OCH3 is 1. The van der Waals surface area contributed by atoms with Crippen molar-refractivity contribution in [2.45, 2.75) is 32.1 Å². The monoisotopic (exact) mass is 305 g/mol. The van der Waals surface area contributed by atoms with Gasteiger partial charge in [0, 0.05) is 11.6 Å². The van der Waals surface area contributed by atoms with Crippen molar-refractivity contribution in [2.75, 3.05) is 7.11 Å². The van der Waals surface area contributed by atoms with Gasteiger partial charge in [-0.1, -0.05) is 31.2 Å². The molecule has 1 atom stereocenters. The number of benzene rings is 2. The van der Waals surface area contributed by atoms with Gasteiger partial charge < -0.3 is 4.74 Å². The predicted octanol–water partition coefficient (Wildman–Crippen LogP) is 5.37. The summed E-state index contributed by atoms with van der Waals surface area (Å²) in [6.45, 7) is 2.30. The van der Waals surface area contributed by atoms with Crippen LogP contribution in [0, 0.1) is 0 Å². The summed E-state index contributed by atoms with van der Waals surface area (Å²) in [6.07, 6.45) is 5.35. The Bertz CT molecular complexity index is 764. The third-order valence-corrected chi connectivity index (χ3v) is 4.45. The van der Waals surface area contributed by atoms with Crippen molar-refractivity contribution in [3.8, 4) is 5.75 Å². The molecule has 23 heavy (non-hydrogen) atoms. The van der Waals surface area contributed by atoms with Crippen LogP contribution in [0.4, 0.5) is 0 Å². The fourth-order valence-electron chi connectivity index (χ4n) is 2.99. The summed E-state index contributed by atoms with van der Waals surface area (Å²) in [6, 6.07) is 19.1. The first-order chi connectivity index (χ1) is 11.3. The van der Waals surface area contributed by atoms with E-state index in [1.54, 1.807) is 7.11 Å². The molecule has 0 radical (unpaired) electrons. The maximum atomic E-state index is 5.22. The molecule has 0 N–H and O–H groups in total. The normalized spacial score (nSPS) is 12.3. The second-order valence-electron chi connectivity index (χ2n) is 6.10. The SMILES string of the molecule is COc1ccc(C(C)CCCc2ccc3ncccc3c2)cc1. The van der Waals surface area contributed by atoms with E-state index < -0.39 is 0 Å². The number of rotatable bonds is 6. The quantitative estimate of drug-likeness (QED) is 0.611. The van der Waals surface area contributed by atoms with Gasteiger partial charge in [0.05, 0.1) is 12.6 Å². The van der Waals surface area contributed by atoms with Crippen LogP contribution in [0.2, 0.25) is 0 Å². The maximum Gasteiger partial charge on any atom is 0.118 e. The van der Waals surface area contributed by atoms with Crippen LogP contribution in [0.1, 0.15) is 36.8 Å². The van der Waals surface area contributed by atoms with E-state index in [0.717, 1.165) is 17.7 Å². The molecule has 2 nitrogen and oxygen atoms in total. The highest BCUT2D eigenvalue weighted by molar-refractivity contribution is 5.78. The Morgan fingerprint density at radius 3 is 2.65 bits per heavy atom. The Balaban J connectivity index is 1.56. The van der Waals surface area contributed by atoms with E-state index in [1.165, 1.54) is 29.4 Å². The van der Waals surface area contributed by atoms with Crippen LogP contribution < -0.4 is 4.74 Å². The number of aryl methyl sites for hydroxylation is 1. The number of ether oxygens (including phenoxy) is 1. The maximum absolute atomic E-state index is 5.22. The van der Waals surface area contributed by atoms with E-state index in [0.29, 0.717) is 5.92 Å². The van der Waals surface area contributed by atoms with E-state index >= 15 is 0 Å². The minimum absolute atomic E-state index is 0.572. The number of hydrogen-bond donors (Lipinski definition) is 0. The molecule has 0 aliphatic rings. The molecule has 118 valence electrons. The zero-order valence-electron chi connectivity index (χ0n) is 13.8. The van der Waals surface area contributed by atoms with Gasteiger partial charge in [-0.15, -0.1) is 0 Å². The van der Waals surface area contributed by atoms with Gasteiger partial charge in [-0.25, -0.2) is 0 Å². The van der Waals surface area contributed by atoms with Crippen molar-refractivity contribution in [1.29, 1.82) is 0 Å². The lowest BCUT2D eigenvalue weighted by Crippen LogP contribution is -1.96. The molecule has 0 fully saturated rings. The van der Waals surface area contributed by atoms with E-state index in [4.69, 9.17) is 4.74 Å². The van der Waals surface area contributed by atoms with Crippen LogP contribution in [0.25, 0.3) is 10.9 Å². The molecule has 1 unspecified atom stereocenters. The van der Waals surface area contributed by atoms with Crippen molar-refractivity contribution in [1.82, 2.24) is 4.98 Å². The molecule has 2 aromatic carbocycles. The zero-order chi connectivity index (χ0) is 16.1. The summed E-state index contributed by atoms with van der Waals surface area (Å²) in [5.74, 6) is 1.49. The average molecular weight is 305 g/mol. The molecule has 0 spiro atoms. The van der Waals surface area contributed by atoms with Crippen LogP contribution in [0.5, 0.6) is 5.75 Å². The standard InChI is InChI=1S/C21H23NO/c1-16(18-9-11-20(23-2)12-10-18)5-3-6-17-8-13-21-19(15-17)7-4-14-22-21/h4,7-16H,3,5-6H2,1-2H3. The Morgan fingerprint density at radius 1 is 1.04 bits per heavy atom. The Morgan fingerprint density at radius 2 is 1.87 bits per heavy atom. The second-order valence-corrected chi connectivity index (χ2v) is 6.10. The van der Waals surface area contributed by atoms with Crippen LogP contribution in [0.3, 0.4) is 0 Å². The molecule has 2 heteroatoms.